The van der Waals surface area contributed by atoms with Crippen molar-refractivity contribution in [2.75, 3.05) is 13.2 Å². The van der Waals surface area contributed by atoms with Gasteiger partial charge < -0.3 is 29.2 Å². The molecular weight excluding hydrogens is 328 g/mol. The van der Waals surface area contributed by atoms with E-state index in [1.54, 1.807) is 0 Å². The number of aliphatic hydroxyl groups excluding tert-OH is 2. The summed E-state index contributed by atoms with van der Waals surface area (Å²) in [5.74, 6) is -6.16. The zero-order chi connectivity index (χ0) is 18.5. The summed E-state index contributed by atoms with van der Waals surface area (Å²) in [5, 5.41) is 17.5. The number of rotatable bonds is 8. The summed E-state index contributed by atoms with van der Waals surface area (Å²) >= 11 is 0. The topological polar surface area (TPSA) is 146 Å². The molecule has 0 spiro atoms. The molecule has 0 unspecified atom stereocenters. The lowest BCUT2D eigenvalue weighted by molar-refractivity contribution is -0.149. The van der Waals surface area contributed by atoms with Crippen molar-refractivity contribution >= 4 is 23.9 Å². The predicted molar refractivity (Wildman–Crippen MR) is 76.0 cm³/mol. The molecule has 0 heterocycles. The maximum Gasteiger partial charge on any atom is 0.377 e. The van der Waals surface area contributed by atoms with E-state index in [1.165, 1.54) is 13.8 Å². The van der Waals surface area contributed by atoms with Crippen molar-refractivity contribution in [1.82, 2.24) is 0 Å². The summed E-state index contributed by atoms with van der Waals surface area (Å²) in [5.41, 5.74) is 0. The van der Waals surface area contributed by atoms with Crippen molar-refractivity contribution in [2.24, 2.45) is 0 Å². The van der Waals surface area contributed by atoms with Crippen LogP contribution >= 0.6 is 0 Å². The first-order valence-corrected chi connectivity index (χ1v) is 6.54. The minimum atomic E-state index is -1.20. The van der Waals surface area contributed by atoms with Gasteiger partial charge in [0.05, 0.1) is 13.2 Å². The lowest BCUT2D eigenvalue weighted by atomic mass is 10.4. The average Bonchev–Trinajstić information content (AvgIpc) is 2.55. The van der Waals surface area contributed by atoms with Gasteiger partial charge in [-0.2, -0.15) is 0 Å². The average molecular weight is 344 g/mol. The van der Waals surface area contributed by atoms with E-state index in [0.717, 1.165) is 0 Å². The van der Waals surface area contributed by atoms with E-state index in [1.807, 2.05) is 0 Å². The van der Waals surface area contributed by atoms with E-state index in [9.17, 15) is 19.2 Å². The summed E-state index contributed by atoms with van der Waals surface area (Å²) in [7, 11) is 0. The fraction of sp³-hybridized carbons (Fsp3) is 0.286. The van der Waals surface area contributed by atoms with Gasteiger partial charge in [-0.1, -0.05) is 0 Å². The molecule has 24 heavy (non-hydrogen) atoms. The van der Waals surface area contributed by atoms with Gasteiger partial charge >= 0.3 is 23.9 Å². The largest absolute Gasteiger partial charge is 0.511 e. The van der Waals surface area contributed by atoms with E-state index in [4.69, 9.17) is 10.2 Å². The maximum absolute atomic E-state index is 11.4. The van der Waals surface area contributed by atoms with Crippen LogP contribution in [0.15, 0.2) is 36.2 Å². The Bertz CT molecular complexity index is 520. The molecule has 132 valence electrons. The third-order valence-corrected chi connectivity index (χ3v) is 1.96. The van der Waals surface area contributed by atoms with Crippen LogP contribution in [-0.2, 0) is 38.1 Å². The zero-order valence-electron chi connectivity index (χ0n) is 12.9. The first-order valence-electron chi connectivity index (χ1n) is 6.54. The van der Waals surface area contributed by atoms with Crippen molar-refractivity contribution in [2.45, 2.75) is 13.8 Å². The third-order valence-electron chi connectivity index (χ3n) is 1.96. The molecule has 0 saturated carbocycles. The summed E-state index contributed by atoms with van der Waals surface area (Å²) < 4.78 is 17.8. The third kappa shape index (κ3) is 7.64. The molecule has 0 fully saturated rings. The molecule has 0 atom stereocenters. The van der Waals surface area contributed by atoms with E-state index < -0.39 is 35.4 Å². The van der Waals surface area contributed by atoms with Crippen LogP contribution < -0.4 is 0 Å². The fourth-order valence-electron chi connectivity index (χ4n) is 1.07. The van der Waals surface area contributed by atoms with Gasteiger partial charge in [-0.3, -0.25) is 0 Å². The molecule has 0 saturated heterocycles. The second-order valence-electron chi connectivity index (χ2n) is 3.60. The van der Waals surface area contributed by atoms with Crippen LogP contribution in [-0.4, -0.2) is 47.3 Å². The van der Waals surface area contributed by atoms with Crippen molar-refractivity contribution < 1.29 is 48.3 Å². The van der Waals surface area contributed by atoms with Crippen LogP contribution in [0.3, 0.4) is 0 Å². The zero-order valence-corrected chi connectivity index (χ0v) is 12.9. The van der Waals surface area contributed by atoms with E-state index in [0.29, 0.717) is 12.2 Å². The predicted octanol–water partition coefficient (Wildman–Crippen LogP) is 0.554. The molecule has 0 aromatic carbocycles. The minimum absolute atomic E-state index is 0.0139. The minimum Gasteiger partial charge on any atom is -0.511 e. The van der Waals surface area contributed by atoms with Crippen LogP contribution in [0.25, 0.3) is 0 Å². The van der Waals surface area contributed by atoms with Gasteiger partial charge in [0.25, 0.3) is 0 Å². The highest BCUT2D eigenvalue weighted by atomic mass is 16.6. The summed E-state index contributed by atoms with van der Waals surface area (Å²) in [6, 6.07) is 0. The maximum atomic E-state index is 11.4. The van der Waals surface area contributed by atoms with Gasteiger partial charge in [-0.05, 0) is 13.8 Å². The highest BCUT2D eigenvalue weighted by molar-refractivity contribution is 5.97. The Morgan fingerprint density at radius 1 is 0.750 bits per heavy atom. The van der Waals surface area contributed by atoms with Gasteiger partial charge in [-0.25, -0.2) is 19.2 Å². The summed E-state index contributed by atoms with van der Waals surface area (Å²) in [6.45, 7) is 2.97. The molecule has 2 N–H and O–H groups in total. The number of ether oxygens (including phenoxy) is 4. The van der Waals surface area contributed by atoms with Gasteiger partial charge in [0.15, 0.2) is 0 Å². The normalized spacial score (nSPS) is 11.8. The number of aliphatic hydroxyl groups is 2. The Labute approximate surface area is 136 Å². The van der Waals surface area contributed by atoms with Crippen LogP contribution in [0.5, 0.6) is 0 Å². The number of carbonyl (C=O) groups is 4. The van der Waals surface area contributed by atoms with Crippen molar-refractivity contribution in [3.05, 3.63) is 36.2 Å². The molecular formula is C14H16O10. The van der Waals surface area contributed by atoms with Crippen LogP contribution in [0.2, 0.25) is 0 Å². The first kappa shape index (κ1) is 20.7. The lowest BCUT2D eigenvalue weighted by Gasteiger charge is -2.05. The Hall–Kier alpha value is -3.30. The summed E-state index contributed by atoms with van der Waals surface area (Å²) in [4.78, 5) is 45.2. The molecule has 0 bridgehead atoms. The molecule has 0 rings (SSSR count). The molecule has 0 aliphatic rings. The van der Waals surface area contributed by atoms with Gasteiger partial charge in [0.2, 0.25) is 11.5 Å². The monoisotopic (exact) mass is 344 g/mol. The number of hydrogen-bond donors (Lipinski definition) is 2. The van der Waals surface area contributed by atoms with Crippen LogP contribution in [0.1, 0.15) is 13.8 Å². The van der Waals surface area contributed by atoms with Crippen LogP contribution in [0.4, 0.5) is 0 Å². The molecule has 0 radical (unpaired) electrons. The van der Waals surface area contributed by atoms with E-state index >= 15 is 0 Å². The second kappa shape index (κ2) is 11.3. The van der Waals surface area contributed by atoms with Crippen LogP contribution in [0, 0.1) is 0 Å². The van der Waals surface area contributed by atoms with Gasteiger partial charge in [0, 0.05) is 12.2 Å². The highest BCUT2D eigenvalue weighted by Crippen LogP contribution is 2.03. The van der Waals surface area contributed by atoms with Gasteiger partial charge in [0.1, 0.15) is 12.5 Å². The molecule has 0 aromatic rings. The fourth-order valence-corrected chi connectivity index (χ4v) is 1.07. The number of esters is 4. The Morgan fingerprint density at radius 2 is 1.08 bits per heavy atom. The second-order valence-corrected chi connectivity index (χ2v) is 3.60. The number of carbonyl (C=O) groups excluding carboxylic acids is 4. The SMILES string of the molecule is CCOC(=O)C(=CO)OC(=O)/C=C\C(=O)OC(=CO)C(=O)OCC. The molecule has 0 aromatic heterocycles. The highest BCUT2D eigenvalue weighted by Gasteiger charge is 2.17. The number of hydrogen-bond acceptors (Lipinski definition) is 10. The van der Waals surface area contributed by atoms with Crippen molar-refractivity contribution in [3.8, 4) is 0 Å². The van der Waals surface area contributed by atoms with Crippen molar-refractivity contribution in [3.63, 3.8) is 0 Å². The molecule has 10 nitrogen and oxygen atoms in total. The Balaban J connectivity index is 4.66. The molecule has 0 aliphatic heterocycles. The standard InChI is InChI=1S/C14H16O10/c1-3-21-13(19)9(7-15)23-11(17)5-6-12(18)24-10(8-16)14(20)22-4-2/h5-8,15-16H,3-4H2,1-2H3/b6-5-,9-7?,10-8?. The molecule has 10 heteroatoms. The molecule has 0 aliphatic carbocycles. The smallest absolute Gasteiger partial charge is 0.377 e. The van der Waals surface area contributed by atoms with E-state index in [-0.39, 0.29) is 25.7 Å². The first-order chi connectivity index (χ1) is 11.4. The molecule has 0 amide bonds. The quantitative estimate of drug-likeness (QED) is 0.277. The van der Waals surface area contributed by atoms with Gasteiger partial charge in [-0.15, -0.1) is 0 Å². The lowest BCUT2D eigenvalue weighted by Crippen LogP contribution is -2.15. The van der Waals surface area contributed by atoms with Crippen molar-refractivity contribution in [1.29, 1.82) is 0 Å². The van der Waals surface area contributed by atoms with E-state index in [2.05, 4.69) is 18.9 Å². The Kier molecular flexibility index (Phi) is 9.74. The summed E-state index contributed by atoms with van der Waals surface area (Å²) in [6.07, 6.45) is 1.56. The Morgan fingerprint density at radius 3 is 1.33 bits per heavy atom.